The number of aromatic nitrogens is 1. The molecule has 2 aliphatic rings. The van der Waals surface area contributed by atoms with E-state index in [0.717, 1.165) is 0 Å². The molecule has 2 aliphatic heterocycles. The summed E-state index contributed by atoms with van der Waals surface area (Å²) in [6, 6.07) is 4.06. The number of carbonyl (C=O) groups excluding carboxylic acids is 2. The van der Waals surface area contributed by atoms with Gasteiger partial charge >= 0.3 is 0 Å². The van der Waals surface area contributed by atoms with Gasteiger partial charge in [-0.05, 0) is 19.1 Å². The number of rotatable bonds is 3. The molecule has 2 atom stereocenters. The number of sulfone groups is 1. The first-order valence-electron chi connectivity index (χ1n) is 8.26. The van der Waals surface area contributed by atoms with E-state index < -0.39 is 21.9 Å². The van der Waals surface area contributed by atoms with Crippen molar-refractivity contribution in [1.82, 2.24) is 14.8 Å². The van der Waals surface area contributed by atoms with E-state index in [0.29, 0.717) is 18.8 Å². The first-order valence-corrected chi connectivity index (χ1v) is 10.1. The summed E-state index contributed by atoms with van der Waals surface area (Å²) >= 11 is 0. The molecular weight excluding hydrogens is 342 g/mol. The van der Waals surface area contributed by atoms with E-state index in [1.165, 1.54) is 6.20 Å². The lowest BCUT2D eigenvalue weighted by atomic mass is 10.0. The van der Waals surface area contributed by atoms with Crippen molar-refractivity contribution in [2.45, 2.75) is 25.4 Å². The maximum absolute atomic E-state index is 12.8. The molecule has 2 saturated heterocycles. The fourth-order valence-corrected chi connectivity index (χ4v) is 5.47. The number of allylic oxidation sites excluding steroid dienone is 1. The van der Waals surface area contributed by atoms with Gasteiger partial charge in [-0.3, -0.25) is 14.6 Å². The van der Waals surface area contributed by atoms with Crippen molar-refractivity contribution in [2.75, 3.05) is 24.6 Å². The predicted molar refractivity (Wildman–Crippen MR) is 92.6 cm³/mol. The molecule has 0 spiro atoms. The minimum Gasteiger partial charge on any atom is -0.335 e. The summed E-state index contributed by atoms with van der Waals surface area (Å²) in [5.74, 6) is -0.585. The molecule has 2 amide bonds. The summed E-state index contributed by atoms with van der Waals surface area (Å²) in [7, 11) is -3.29. The first-order chi connectivity index (χ1) is 11.9. The fourth-order valence-electron chi connectivity index (χ4n) is 3.49. The Hall–Kier alpha value is -2.22. The molecule has 1 aromatic heterocycles. The molecule has 1 aromatic rings. The predicted octanol–water partition coefficient (Wildman–Crippen LogP) is 0.498. The SMILES string of the molecule is CC=CCC(=O)N1CCN(C(=O)c2ccccn2)[C@@H]2CS(=O)(=O)C[C@@H]21. The Kier molecular flexibility index (Phi) is 4.89. The zero-order valence-electron chi connectivity index (χ0n) is 14.0. The van der Waals surface area contributed by atoms with Crippen LogP contribution in [0.15, 0.2) is 36.5 Å². The van der Waals surface area contributed by atoms with Crippen molar-refractivity contribution >= 4 is 21.7 Å². The summed E-state index contributed by atoms with van der Waals surface area (Å²) in [6.07, 6.45) is 5.33. The molecule has 8 heteroatoms. The molecular formula is C17H21N3O4S. The van der Waals surface area contributed by atoms with Crippen LogP contribution in [0.3, 0.4) is 0 Å². The highest BCUT2D eigenvalue weighted by Crippen LogP contribution is 2.28. The molecule has 25 heavy (non-hydrogen) atoms. The van der Waals surface area contributed by atoms with Gasteiger partial charge in [0.25, 0.3) is 5.91 Å². The van der Waals surface area contributed by atoms with Gasteiger partial charge in [0.1, 0.15) is 5.69 Å². The average Bonchev–Trinajstić information content (AvgIpc) is 2.93. The lowest BCUT2D eigenvalue weighted by molar-refractivity contribution is -0.135. The molecule has 7 nitrogen and oxygen atoms in total. The number of hydrogen-bond acceptors (Lipinski definition) is 5. The molecule has 3 heterocycles. The van der Waals surface area contributed by atoms with E-state index in [2.05, 4.69) is 4.98 Å². The van der Waals surface area contributed by atoms with E-state index >= 15 is 0 Å². The minimum absolute atomic E-state index is 0.0920. The molecule has 0 N–H and O–H groups in total. The molecule has 2 fully saturated rings. The maximum atomic E-state index is 12.8. The van der Waals surface area contributed by atoms with Crippen LogP contribution in [0.5, 0.6) is 0 Å². The summed E-state index contributed by atoms with van der Waals surface area (Å²) in [4.78, 5) is 32.4. The highest BCUT2D eigenvalue weighted by molar-refractivity contribution is 7.91. The number of hydrogen-bond donors (Lipinski definition) is 0. The Morgan fingerprint density at radius 1 is 1.20 bits per heavy atom. The van der Waals surface area contributed by atoms with Crippen LogP contribution >= 0.6 is 0 Å². The topological polar surface area (TPSA) is 87.7 Å². The van der Waals surface area contributed by atoms with Gasteiger partial charge in [-0.15, -0.1) is 0 Å². The Morgan fingerprint density at radius 2 is 1.88 bits per heavy atom. The Morgan fingerprint density at radius 3 is 2.52 bits per heavy atom. The van der Waals surface area contributed by atoms with Crippen LogP contribution in [-0.2, 0) is 14.6 Å². The highest BCUT2D eigenvalue weighted by atomic mass is 32.2. The molecule has 0 radical (unpaired) electrons. The third-order valence-electron chi connectivity index (χ3n) is 4.67. The van der Waals surface area contributed by atoms with Gasteiger partial charge in [0.05, 0.1) is 23.6 Å². The number of pyridine rings is 1. The van der Waals surface area contributed by atoms with Gasteiger partial charge in [-0.2, -0.15) is 0 Å². The minimum atomic E-state index is -3.29. The first kappa shape index (κ1) is 17.6. The quantitative estimate of drug-likeness (QED) is 0.730. The molecule has 0 unspecified atom stereocenters. The van der Waals surface area contributed by atoms with Gasteiger partial charge < -0.3 is 9.80 Å². The number of fused-ring (bicyclic) bond motifs is 1. The van der Waals surface area contributed by atoms with Crippen LogP contribution in [-0.4, -0.2) is 71.7 Å². The monoisotopic (exact) mass is 363 g/mol. The van der Waals surface area contributed by atoms with Crippen LogP contribution < -0.4 is 0 Å². The number of piperazine rings is 1. The number of amides is 2. The summed E-state index contributed by atoms with van der Waals surface area (Å²) in [6.45, 7) is 2.49. The van der Waals surface area contributed by atoms with Gasteiger partial charge in [0, 0.05) is 25.7 Å². The second-order valence-electron chi connectivity index (χ2n) is 6.29. The Labute approximate surface area is 147 Å². The normalized spacial score (nSPS) is 25.2. The van der Waals surface area contributed by atoms with E-state index in [-0.39, 0.29) is 29.7 Å². The zero-order chi connectivity index (χ0) is 18.0. The van der Waals surface area contributed by atoms with Gasteiger partial charge in [0.2, 0.25) is 5.91 Å². The average molecular weight is 363 g/mol. The summed E-state index contributed by atoms with van der Waals surface area (Å²) < 4.78 is 24.4. The van der Waals surface area contributed by atoms with Gasteiger partial charge in [-0.25, -0.2) is 8.42 Å². The third kappa shape index (κ3) is 3.58. The van der Waals surface area contributed by atoms with Crippen LogP contribution in [0.1, 0.15) is 23.8 Å². The largest absolute Gasteiger partial charge is 0.335 e. The summed E-state index contributed by atoms with van der Waals surface area (Å²) in [5, 5.41) is 0. The van der Waals surface area contributed by atoms with Crippen LogP contribution in [0.4, 0.5) is 0 Å². The van der Waals surface area contributed by atoms with E-state index in [1.54, 1.807) is 40.2 Å². The number of carbonyl (C=O) groups is 2. The van der Waals surface area contributed by atoms with E-state index in [4.69, 9.17) is 0 Å². The van der Waals surface area contributed by atoms with Crippen LogP contribution in [0.25, 0.3) is 0 Å². The van der Waals surface area contributed by atoms with Crippen molar-refractivity contribution in [3.8, 4) is 0 Å². The van der Waals surface area contributed by atoms with Crippen LogP contribution in [0, 0.1) is 0 Å². The van der Waals surface area contributed by atoms with Crippen molar-refractivity contribution in [2.24, 2.45) is 0 Å². The lowest BCUT2D eigenvalue weighted by Crippen LogP contribution is -2.62. The zero-order valence-corrected chi connectivity index (χ0v) is 14.9. The Bertz CT molecular complexity index is 791. The molecule has 0 aromatic carbocycles. The lowest BCUT2D eigenvalue weighted by Gasteiger charge is -2.43. The third-order valence-corrected chi connectivity index (χ3v) is 6.37. The van der Waals surface area contributed by atoms with Crippen LogP contribution in [0.2, 0.25) is 0 Å². The van der Waals surface area contributed by atoms with Crippen molar-refractivity contribution < 1.29 is 18.0 Å². The molecule has 0 aliphatic carbocycles. The van der Waals surface area contributed by atoms with Crippen molar-refractivity contribution in [3.63, 3.8) is 0 Å². The van der Waals surface area contributed by atoms with Crippen molar-refractivity contribution in [1.29, 1.82) is 0 Å². The molecule has 0 saturated carbocycles. The smallest absolute Gasteiger partial charge is 0.272 e. The van der Waals surface area contributed by atoms with Gasteiger partial charge in [0.15, 0.2) is 9.84 Å². The maximum Gasteiger partial charge on any atom is 0.272 e. The second kappa shape index (κ2) is 6.95. The molecule has 0 bridgehead atoms. The standard InChI is InChI=1S/C17H21N3O4S/c1-2-3-7-16(21)19-9-10-20(15-12-25(23,24)11-14(15)19)17(22)13-6-4-5-8-18-13/h2-6,8,14-15H,7,9-12H2,1H3/t14-,15+/m0/s1. The highest BCUT2D eigenvalue weighted by Gasteiger charge is 2.49. The molecule has 134 valence electrons. The van der Waals surface area contributed by atoms with E-state index in [9.17, 15) is 18.0 Å². The second-order valence-corrected chi connectivity index (χ2v) is 8.44. The van der Waals surface area contributed by atoms with E-state index in [1.807, 2.05) is 6.92 Å². The Balaban J connectivity index is 1.86. The fraction of sp³-hybridized carbons (Fsp3) is 0.471. The van der Waals surface area contributed by atoms with Gasteiger partial charge in [-0.1, -0.05) is 18.2 Å². The summed E-state index contributed by atoms with van der Waals surface area (Å²) in [5.41, 5.74) is 0.291. The van der Waals surface area contributed by atoms with Crippen molar-refractivity contribution in [3.05, 3.63) is 42.2 Å². The molecule has 3 rings (SSSR count). The number of nitrogens with zero attached hydrogens (tertiary/aromatic N) is 3.